The highest BCUT2D eigenvalue weighted by atomic mass is 16.5. The molecule has 0 aliphatic heterocycles. The second-order valence-electron chi connectivity index (χ2n) is 4.62. The summed E-state index contributed by atoms with van der Waals surface area (Å²) < 4.78 is 10.8. The first-order valence-corrected chi connectivity index (χ1v) is 6.41. The molecule has 0 atom stereocenters. The first kappa shape index (κ1) is 13.2. The van der Waals surface area contributed by atoms with Crippen LogP contribution in [0.15, 0.2) is 46.9 Å². The van der Waals surface area contributed by atoms with Crippen LogP contribution in [-0.4, -0.2) is 23.2 Å². The van der Waals surface area contributed by atoms with Crippen molar-refractivity contribution in [3.63, 3.8) is 0 Å². The molecule has 1 aromatic heterocycles. The van der Waals surface area contributed by atoms with Crippen molar-refractivity contribution in [3.8, 4) is 17.2 Å². The molecule has 0 saturated heterocycles. The van der Waals surface area contributed by atoms with Crippen LogP contribution in [0.3, 0.4) is 0 Å². The zero-order valence-corrected chi connectivity index (χ0v) is 11.4. The number of oxazole rings is 1. The molecule has 5 nitrogen and oxygen atoms in total. The molecule has 3 aromatic rings. The third-order valence-electron chi connectivity index (χ3n) is 3.14. The van der Waals surface area contributed by atoms with Gasteiger partial charge in [-0.05, 0) is 42.0 Å². The molecule has 0 spiro atoms. The fourth-order valence-corrected chi connectivity index (χ4v) is 2.11. The summed E-state index contributed by atoms with van der Waals surface area (Å²) in [7, 11) is 1.61. The molecule has 5 heteroatoms. The fraction of sp³-hybridized carbons (Fsp3) is 0.125. The van der Waals surface area contributed by atoms with Crippen molar-refractivity contribution >= 4 is 17.1 Å². The third-order valence-corrected chi connectivity index (χ3v) is 3.14. The van der Waals surface area contributed by atoms with E-state index in [1.54, 1.807) is 25.3 Å². The predicted molar refractivity (Wildman–Crippen MR) is 77.3 cm³/mol. The third kappa shape index (κ3) is 2.72. The Bertz CT molecular complexity index is 790. The van der Waals surface area contributed by atoms with E-state index in [1.807, 2.05) is 24.3 Å². The van der Waals surface area contributed by atoms with Crippen LogP contribution in [-0.2, 0) is 11.2 Å². The first-order chi connectivity index (χ1) is 10.2. The second-order valence-corrected chi connectivity index (χ2v) is 4.62. The number of aliphatic carboxylic acids is 1. The van der Waals surface area contributed by atoms with Gasteiger partial charge in [-0.1, -0.05) is 6.07 Å². The average Bonchev–Trinajstić information content (AvgIpc) is 2.90. The SMILES string of the molecule is COc1ccc(-c2nc3cc(CC(=O)O)ccc3o2)cc1. The molecule has 1 heterocycles. The van der Waals surface area contributed by atoms with Crippen molar-refractivity contribution in [2.24, 2.45) is 0 Å². The molecule has 0 radical (unpaired) electrons. The number of rotatable bonds is 4. The Morgan fingerprint density at radius 2 is 2.00 bits per heavy atom. The van der Waals surface area contributed by atoms with E-state index in [9.17, 15) is 4.79 Å². The number of ether oxygens (including phenoxy) is 1. The normalized spacial score (nSPS) is 10.7. The van der Waals surface area contributed by atoms with Gasteiger partial charge in [0.25, 0.3) is 0 Å². The summed E-state index contributed by atoms with van der Waals surface area (Å²) >= 11 is 0. The number of carboxylic acids is 1. The number of carboxylic acid groups (broad SMARTS) is 1. The summed E-state index contributed by atoms with van der Waals surface area (Å²) in [6.07, 6.45) is -0.0271. The molecule has 0 aliphatic rings. The number of benzene rings is 2. The summed E-state index contributed by atoms with van der Waals surface area (Å²) in [5.74, 6) is 0.395. The van der Waals surface area contributed by atoms with E-state index in [2.05, 4.69) is 4.98 Å². The molecule has 3 rings (SSSR count). The van der Waals surface area contributed by atoms with Gasteiger partial charge in [-0.15, -0.1) is 0 Å². The highest BCUT2D eigenvalue weighted by Gasteiger charge is 2.10. The zero-order valence-electron chi connectivity index (χ0n) is 11.4. The highest BCUT2D eigenvalue weighted by molar-refractivity contribution is 5.79. The van der Waals surface area contributed by atoms with Crippen LogP contribution in [0, 0.1) is 0 Å². The first-order valence-electron chi connectivity index (χ1n) is 6.41. The van der Waals surface area contributed by atoms with E-state index >= 15 is 0 Å². The van der Waals surface area contributed by atoms with Gasteiger partial charge < -0.3 is 14.3 Å². The van der Waals surface area contributed by atoms with E-state index < -0.39 is 5.97 Å². The number of carbonyl (C=O) groups is 1. The Morgan fingerprint density at radius 1 is 1.24 bits per heavy atom. The van der Waals surface area contributed by atoms with Gasteiger partial charge in [0.2, 0.25) is 5.89 Å². The molecule has 0 saturated carbocycles. The number of hydrogen-bond acceptors (Lipinski definition) is 4. The topological polar surface area (TPSA) is 72.6 Å². The van der Waals surface area contributed by atoms with E-state index in [0.717, 1.165) is 11.3 Å². The van der Waals surface area contributed by atoms with Gasteiger partial charge in [-0.3, -0.25) is 4.79 Å². The summed E-state index contributed by atoms with van der Waals surface area (Å²) in [5.41, 5.74) is 2.82. The standard InChI is InChI=1S/C16H13NO4/c1-20-12-5-3-11(4-6-12)16-17-13-8-10(9-15(18)19)2-7-14(13)21-16/h2-8H,9H2,1H3,(H,18,19). The highest BCUT2D eigenvalue weighted by Crippen LogP contribution is 2.26. The molecule has 21 heavy (non-hydrogen) atoms. The lowest BCUT2D eigenvalue weighted by Crippen LogP contribution is -1.99. The largest absolute Gasteiger partial charge is 0.497 e. The Kier molecular flexibility index (Phi) is 3.31. The maximum absolute atomic E-state index is 10.7. The molecule has 2 aromatic carbocycles. The lowest BCUT2D eigenvalue weighted by atomic mass is 10.1. The van der Waals surface area contributed by atoms with Crippen molar-refractivity contribution in [3.05, 3.63) is 48.0 Å². The van der Waals surface area contributed by atoms with Gasteiger partial charge in [0, 0.05) is 5.56 Å². The Hall–Kier alpha value is -2.82. The van der Waals surface area contributed by atoms with Gasteiger partial charge >= 0.3 is 5.97 Å². The molecule has 0 unspecified atom stereocenters. The molecule has 0 aliphatic carbocycles. The summed E-state index contributed by atoms with van der Waals surface area (Å²) in [6.45, 7) is 0. The van der Waals surface area contributed by atoms with Gasteiger partial charge in [0.15, 0.2) is 5.58 Å². The molecule has 0 fully saturated rings. The van der Waals surface area contributed by atoms with Crippen molar-refractivity contribution in [1.29, 1.82) is 0 Å². The van der Waals surface area contributed by atoms with Crippen LogP contribution in [0.1, 0.15) is 5.56 Å². The number of hydrogen-bond donors (Lipinski definition) is 1. The number of nitrogens with zero attached hydrogens (tertiary/aromatic N) is 1. The maximum atomic E-state index is 10.7. The minimum absolute atomic E-state index is 0.0271. The van der Waals surface area contributed by atoms with Crippen LogP contribution in [0.25, 0.3) is 22.6 Å². The molecule has 0 amide bonds. The van der Waals surface area contributed by atoms with Crippen molar-refractivity contribution < 1.29 is 19.1 Å². The summed E-state index contributed by atoms with van der Waals surface area (Å²) in [4.78, 5) is 15.1. The lowest BCUT2D eigenvalue weighted by molar-refractivity contribution is -0.136. The number of methoxy groups -OCH3 is 1. The van der Waals surface area contributed by atoms with E-state index in [0.29, 0.717) is 22.6 Å². The van der Waals surface area contributed by atoms with Crippen molar-refractivity contribution in [1.82, 2.24) is 4.98 Å². The summed E-state index contributed by atoms with van der Waals surface area (Å²) in [6, 6.07) is 12.6. The molecule has 1 N–H and O–H groups in total. The van der Waals surface area contributed by atoms with E-state index in [-0.39, 0.29) is 6.42 Å². The molecule has 0 bridgehead atoms. The Morgan fingerprint density at radius 3 is 2.67 bits per heavy atom. The van der Waals surface area contributed by atoms with Crippen molar-refractivity contribution in [2.75, 3.05) is 7.11 Å². The predicted octanol–water partition coefficient (Wildman–Crippen LogP) is 3.13. The quantitative estimate of drug-likeness (QED) is 0.796. The van der Waals surface area contributed by atoms with Crippen LogP contribution >= 0.6 is 0 Å². The molecular weight excluding hydrogens is 270 g/mol. The van der Waals surface area contributed by atoms with Gasteiger partial charge in [0.1, 0.15) is 11.3 Å². The van der Waals surface area contributed by atoms with Crippen LogP contribution in [0.4, 0.5) is 0 Å². The van der Waals surface area contributed by atoms with Gasteiger partial charge in [-0.2, -0.15) is 0 Å². The minimum Gasteiger partial charge on any atom is -0.497 e. The van der Waals surface area contributed by atoms with E-state index in [1.165, 1.54) is 0 Å². The van der Waals surface area contributed by atoms with Gasteiger partial charge in [0.05, 0.1) is 13.5 Å². The van der Waals surface area contributed by atoms with Crippen LogP contribution < -0.4 is 4.74 Å². The lowest BCUT2D eigenvalue weighted by Gasteiger charge is -1.99. The number of fused-ring (bicyclic) bond motifs is 1. The monoisotopic (exact) mass is 283 g/mol. The number of aromatic nitrogens is 1. The second kappa shape index (κ2) is 5.28. The average molecular weight is 283 g/mol. The molecular formula is C16H13NO4. The Labute approximate surface area is 120 Å². The summed E-state index contributed by atoms with van der Waals surface area (Å²) in [5, 5.41) is 8.82. The minimum atomic E-state index is -0.867. The van der Waals surface area contributed by atoms with E-state index in [4.69, 9.17) is 14.3 Å². The van der Waals surface area contributed by atoms with Gasteiger partial charge in [-0.25, -0.2) is 4.98 Å². The van der Waals surface area contributed by atoms with Crippen LogP contribution in [0.5, 0.6) is 5.75 Å². The molecule has 106 valence electrons. The smallest absolute Gasteiger partial charge is 0.307 e. The maximum Gasteiger partial charge on any atom is 0.307 e. The van der Waals surface area contributed by atoms with Crippen molar-refractivity contribution in [2.45, 2.75) is 6.42 Å². The fourth-order valence-electron chi connectivity index (χ4n) is 2.11. The Balaban J connectivity index is 1.97. The van der Waals surface area contributed by atoms with Crippen LogP contribution in [0.2, 0.25) is 0 Å². The zero-order chi connectivity index (χ0) is 14.8.